The number of hydrogen-bond donors (Lipinski definition) is 1. The van der Waals surface area contributed by atoms with E-state index in [2.05, 4.69) is 5.92 Å². The van der Waals surface area contributed by atoms with Crippen molar-refractivity contribution in [2.24, 2.45) is 0 Å². The lowest BCUT2D eigenvalue weighted by Crippen LogP contribution is -2.29. The van der Waals surface area contributed by atoms with Crippen molar-refractivity contribution < 1.29 is 28.8 Å². The van der Waals surface area contributed by atoms with Gasteiger partial charge in [0, 0.05) is 12.1 Å². The highest BCUT2D eigenvalue weighted by Gasteiger charge is 2.21. The van der Waals surface area contributed by atoms with Gasteiger partial charge < -0.3 is 24.1 Å². The van der Waals surface area contributed by atoms with Crippen LogP contribution in [0, 0.1) is 12.3 Å². The Morgan fingerprint density at radius 2 is 1.59 bits per heavy atom. The van der Waals surface area contributed by atoms with Gasteiger partial charge in [-0.2, -0.15) is 0 Å². The first-order valence-electron chi connectivity index (χ1n) is 7.93. The summed E-state index contributed by atoms with van der Waals surface area (Å²) in [6, 6.07) is 8.10. The zero-order valence-corrected chi connectivity index (χ0v) is 15.6. The lowest BCUT2D eigenvalue weighted by atomic mass is 10.1. The van der Waals surface area contributed by atoms with Gasteiger partial charge in [-0.05, 0) is 23.6 Å². The van der Waals surface area contributed by atoms with Gasteiger partial charge in [0.15, 0.2) is 23.0 Å². The SMILES string of the molecule is C#CC(=O)N(Cc1ccc(OC)c(O)c1)c1cc(OC)c(OC)c(OC)c1. The van der Waals surface area contributed by atoms with E-state index in [4.69, 9.17) is 25.4 Å². The van der Waals surface area contributed by atoms with Crippen molar-refractivity contribution in [2.75, 3.05) is 33.3 Å². The number of hydrogen-bond acceptors (Lipinski definition) is 6. The van der Waals surface area contributed by atoms with Crippen LogP contribution in [0.5, 0.6) is 28.7 Å². The van der Waals surface area contributed by atoms with E-state index in [1.165, 1.54) is 39.4 Å². The van der Waals surface area contributed by atoms with Crippen LogP contribution in [0.2, 0.25) is 0 Å². The van der Waals surface area contributed by atoms with Crippen LogP contribution in [0.3, 0.4) is 0 Å². The van der Waals surface area contributed by atoms with Gasteiger partial charge in [-0.15, -0.1) is 6.42 Å². The lowest BCUT2D eigenvalue weighted by molar-refractivity contribution is -0.113. The van der Waals surface area contributed by atoms with E-state index in [9.17, 15) is 9.90 Å². The molecule has 0 atom stereocenters. The van der Waals surface area contributed by atoms with E-state index in [-0.39, 0.29) is 12.3 Å². The van der Waals surface area contributed by atoms with Crippen LogP contribution in [0.15, 0.2) is 30.3 Å². The summed E-state index contributed by atoms with van der Waals surface area (Å²) in [6.07, 6.45) is 5.34. The number of nitrogens with zero attached hydrogens (tertiary/aromatic N) is 1. The average molecular weight is 371 g/mol. The molecule has 142 valence electrons. The van der Waals surface area contributed by atoms with Crippen LogP contribution in [-0.4, -0.2) is 39.5 Å². The summed E-state index contributed by atoms with van der Waals surface area (Å²) in [4.78, 5) is 13.7. The molecule has 2 rings (SSSR count). The smallest absolute Gasteiger partial charge is 0.302 e. The normalized spacial score (nSPS) is 9.89. The molecule has 0 spiro atoms. The third kappa shape index (κ3) is 4.18. The molecule has 0 heterocycles. The second-order valence-corrected chi connectivity index (χ2v) is 5.43. The van der Waals surface area contributed by atoms with Crippen molar-refractivity contribution in [3.05, 3.63) is 35.9 Å². The number of anilines is 1. The minimum absolute atomic E-state index is 0.0343. The molecule has 7 nitrogen and oxygen atoms in total. The van der Waals surface area contributed by atoms with Gasteiger partial charge >= 0.3 is 5.91 Å². The number of methoxy groups -OCH3 is 4. The number of amides is 1. The van der Waals surface area contributed by atoms with Crippen LogP contribution in [-0.2, 0) is 11.3 Å². The van der Waals surface area contributed by atoms with Gasteiger partial charge in [-0.3, -0.25) is 9.69 Å². The average Bonchev–Trinajstić information content (AvgIpc) is 2.70. The highest BCUT2D eigenvalue weighted by molar-refractivity contribution is 6.05. The minimum Gasteiger partial charge on any atom is -0.504 e. The number of aromatic hydroxyl groups is 1. The molecule has 0 aliphatic heterocycles. The number of benzene rings is 2. The van der Waals surface area contributed by atoms with Crippen LogP contribution in [0.1, 0.15) is 5.56 Å². The second kappa shape index (κ2) is 8.72. The Balaban J connectivity index is 2.50. The number of ether oxygens (including phenoxy) is 4. The quantitative estimate of drug-likeness (QED) is 0.754. The van der Waals surface area contributed by atoms with Gasteiger partial charge in [0.2, 0.25) is 5.75 Å². The molecule has 0 saturated heterocycles. The summed E-state index contributed by atoms with van der Waals surface area (Å²) in [7, 11) is 5.91. The van der Waals surface area contributed by atoms with Crippen molar-refractivity contribution in [1.82, 2.24) is 0 Å². The molecule has 0 radical (unpaired) electrons. The van der Waals surface area contributed by atoms with Crippen molar-refractivity contribution in [2.45, 2.75) is 6.54 Å². The summed E-state index contributed by atoms with van der Waals surface area (Å²) in [5.74, 6) is 3.03. The van der Waals surface area contributed by atoms with E-state index in [0.29, 0.717) is 34.2 Å². The molecule has 1 N–H and O–H groups in total. The van der Waals surface area contributed by atoms with E-state index >= 15 is 0 Å². The summed E-state index contributed by atoms with van der Waals surface area (Å²) >= 11 is 0. The Morgan fingerprint density at radius 1 is 1.00 bits per heavy atom. The third-order valence-electron chi connectivity index (χ3n) is 3.91. The van der Waals surface area contributed by atoms with Crippen molar-refractivity contribution in [3.63, 3.8) is 0 Å². The van der Waals surface area contributed by atoms with Crippen LogP contribution >= 0.6 is 0 Å². The number of phenolic OH excluding ortho intramolecular Hbond substituents is 1. The van der Waals surface area contributed by atoms with Crippen molar-refractivity contribution >= 4 is 11.6 Å². The fraction of sp³-hybridized carbons (Fsp3) is 0.250. The minimum atomic E-state index is -0.556. The predicted octanol–water partition coefficient (Wildman–Crippen LogP) is 2.59. The maximum absolute atomic E-state index is 12.4. The van der Waals surface area contributed by atoms with E-state index in [1.807, 2.05) is 0 Å². The molecule has 2 aromatic rings. The second-order valence-electron chi connectivity index (χ2n) is 5.43. The fourth-order valence-corrected chi connectivity index (χ4v) is 2.60. The van der Waals surface area contributed by atoms with Gasteiger partial charge in [0.25, 0.3) is 0 Å². The maximum atomic E-state index is 12.4. The molecule has 0 saturated carbocycles. The summed E-state index contributed by atoms with van der Waals surface area (Å²) in [5.41, 5.74) is 1.12. The largest absolute Gasteiger partial charge is 0.504 e. The van der Waals surface area contributed by atoms with Gasteiger partial charge in [0.05, 0.1) is 40.7 Å². The highest BCUT2D eigenvalue weighted by atomic mass is 16.5. The zero-order valence-electron chi connectivity index (χ0n) is 15.6. The fourth-order valence-electron chi connectivity index (χ4n) is 2.60. The van der Waals surface area contributed by atoms with Gasteiger partial charge in [-0.1, -0.05) is 6.07 Å². The monoisotopic (exact) mass is 371 g/mol. The Morgan fingerprint density at radius 3 is 2.04 bits per heavy atom. The van der Waals surface area contributed by atoms with Crippen LogP contribution in [0.25, 0.3) is 0 Å². The number of rotatable bonds is 7. The maximum Gasteiger partial charge on any atom is 0.302 e. The van der Waals surface area contributed by atoms with Crippen molar-refractivity contribution in [3.8, 4) is 41.1 Å². The van der Waals surface area contributed by atoms with Crippen LogP contribution in [0.4, 0.5) is 5.69 Å². The summed E-state index contributed by atoms with van der Waals surface area (Å²) in [6.45, 7) is 0.124. The van der Waals surface area contributed by atoms with Gasteiger partial charge in [0.1, 0.15) is 0 Å². The van der Waals surface area contributed by atoms with Crippen molar-refractivity contribution in [1.29, 1.82) is 0 Å². The molecule has 2 aromatic carbocycles. The molecule has 0 unspecified atom stereocenters. The standard InChI is InChI=1S/C20H21NO6/c1-6-19(23)21(12-13-7-8-16(24-2)15(22)9-13)14-10-17(25-3)20(27-5)18(11-14)26-4/h1,7-11,22H,12H2,2-5H3. The first-order chi connectivity index (χ1) is 13.0. The molecule has 0 aromatic heterocycles. The molecule has 7 heteroatoms. The molecular weight excluding hydrogens is 350 g/mol. The first-order valence-corrected chi connectivity index (χ1v) is 7.93. The summed E-state index contributed by atoms with van der Waals surface area (Å²) < 4.78 is 21.0. The third-order valence-corrected chi connectivity index (χ3v) is 3.91. The Labute approximate surface area is 158 Å². The Bertz CT molecular complexity index is 846. The summed E-state index contributed by atoms with van der Waals surface area (Å²) in [5, 5.41) is 9.98. The van der Waals surface area contributed by atoms with E-state index in [0.717, 1.165) is 0 Å². The zero-order chi connectivity index (χ0) is 20.0. The Kier molecular flexibility index (Phi) is 6.39. The highest BCUT2D eigenvalue weighted by Crippen LogP contribution is 2.41. The topological polar surface area (TPSA) is 77.5 Å². The number of carbonyl (C=O) groups is 1. The molecule has 0 bridgehead atoms. The molecule has 0 aliphatic rings. The number of terminal acetylenes is 1. The number of carbonyl (C=O) groups excluding carboxylic acids is 1. The Hall–Kier alpha value is -3.53. The molecule has 27 heavy (non-hydrogen) atoms. The first kappa shape index (κ1) is 19.8. The lowest BCUT2D eigenvalue weighted by Gasteiger charge is -2.23. The number of phenols is 1. The van der Waals surface area contributed by atoms with Gasteiger partial charge in [-0.25, -0.2) is 0 Å². The molecular formula is C20H21NO6. The molecule has 0 aliphatic carbocycles. The predicted molar refractivity (Wildman–Crippen MR) is 101 cm³/mol. The van der Waals surface area contributed by atoms with E-state index < -0.39 is 5.91 Å². The van der Waals surface area contributed by atoms with Crippen LogP contribution < -0.4 is 23.8 Å². The molecule has 1 amide bonds. The van der Waals surface area contributed by atoms with E-state index in [1.54, 1.807) is 24.3 Å². The molecule has 0 fully saturated rings.